The number of anilines is 2. The Labute approximate surface area is 132 Å². The van der Waals surface area contributed by atoms with Crippen molar-refractivity contribution in [2.75, 3.05) is 36.5 Å². The topological polar surface area (TPSA) is 80.6 Å². The van der Waals surface area contributed by atoms with Gasteiger partial charge in [0, 0.05) is 38.5 Å². The molecule has 0 unspecified atom stereocenters. The Morgan fingerprint density at radius 2 is 2.00 bits per heavy atom. The van der Waals surface area contributed by atoms with Gasteiger partial charge in [-0.05, 0) is 6.07 Å². The van der Waals surface area contributed by atoms with Gasteiger partial charge in [-0.1, -0.05) is 0 Å². The molecule has 1 aliphatic rings. The molecule has 0 atom stereocenters. The number of aromatic nitrogens is 3. The minimum atomic E-state index is -0.149. The van der Waals surface area contributed by atoms with Crippen LogP contribution < -0.4 is 20.1 Å². The van der Waals surface area contributed by atoms with Gasteiger partial charge in [-0.3, -0.25) is 9.59 Å². The van der Waals surface area contributed by atoms with Gasteiger partial charge in [0.1, 0.15) is 5.82 Å². The molecule has 0 radical (unpaired) electrons. The molecule has 2 aromatic rings. The van der Waals surface area contributed by atoms with Crippen molar-refractivity contribution in [3.8, 4) is 5.88 Å². The molecule has 3 heterocycles. The molecule has 3 rings (SSSR count). The largest absolute Gasteiger partial charge is 0.481 e. The number of rotatable bonds is 3. The van der Waals surface area contributed by atoms with Gasteiger partial charge in [0.15, 0.2) is 0 Å². The molecule has 1 saturated heterocycles. The number of pyridine rings is 1. The summed E-state index contributed by atoms with van der Waals surface area (Å²) in [4.78, 5) is 35.9. The fourth-order valence-corrected chi connectivity index (χ4v) is 2.45. The van der Waals surface area contributed by atoms with Crippen LogP contribution in [0.15, 0.2) is 35.5 Å². The van der Waals surface area contributed by atoms with Crippen molar-refractivity contribution in [2.45, 2.75) is 0 Å². The van der Waals surface area contributed by atoms with Crippen LogP contribution in [0.25, 0.3) is 0 Å². The molecule has 0 bridgehead atoms. The van der Waals surface area contributed by atoms with Crippen LogP contribution in [0.1, 0.15) is 0 Å². The summed E-state index contributed by atoms with van der Waals surface area (Å²) in [6.07, 6.45) is 3.07. The van der Waals surface area contributed by atoms with E-state index >= 15 is 0 Å². The van der Waals surface area contributed by atoms with Crippen molar-refractivity contribution < 1.29 is 9.53 Å². The highest BCUT2D eigenvalue weighted by Crippen LogP contribution is 2.22. The number of ether oxygens (including phenoxy) is 1. The third-order valence-corrected chi connectivity index (χ3v) is 3.75. The van der Waals surface area contributed by atoms with E-state index in [-0.39, 0.29) is 18.0 Å². The Kier molecular flexibility index (Phi) is 3.96. The van der Waals surface area contributed by atoms with Gasteiger partial charge < -0.3 is 19.1 Å². The van der Waals surface area contributed by atoms with E-state index in [1.54, 1.807) is 35.2 Å². The lowest BCUT2D eigenvalue weighted by Crippen LogP contribution is -2.51. The van der Waals surface area contributed by atoms with Crippen LogP contribution in [0.2, 0.25) is 0 Å². The average Bonchev–Trinajstić information content (AvgIpc) is 2.57. The molecule has 8 nitrogen and oxygen atoms in total. The lowest BCUT2D eigenvalue weighted by atomic mass is 10.2. The first kappa shape index (κ1) is 15.0. The molecule has 23 heavy (non-hydrogen) atoms. The van der Waals surface area contributed by atoms with Gasteiger partial charge in [-0.15, -0.1) is 0 Å². The highest BCUT2D eigenvalue weighted by Gasteiger charge is 2.26. The molecule has 0 aliphatic carbocycles. The smallest absolute Gasteiger partial charge is 0.255 e. The van der Waals surface area contributed by atoms with E-state index in [1.165, 1.54) is 24.1 Å². The van der Waals surface area contributed by atoms with Gasteiger partial charge >= 0.3 is 0 Å². The Morgan fingerprint density at radius 3 is 2.70 bits per heavy atom. The van der Waals surface area contributed by atoms with Crippen LogP contribution >= 0.6 is 0 Å². The summed E-state index contributed by atoms with van der Waals surface area (Å²) in [6, 6.07) is 4.94. The monoisotopic (exact) mass is 315 g/mol. The number of carbonyl (C=O) groups excluding carboxylic acids is 1. The first-order chi connectivity index (χ1) is 11.1. The predicted molar refractivity (Wildman–Crippen MR) is 84.8 cm³/mol. The number of amides is 1. The maximum Gasteiger partial charge on any atom is 0.255 e. The molecular weight excluding hydrogens is 298 g/mol. The number of aryl methyl sites for hydroxylation is 1. The van der Waals surface area contributed by atoms with Crippen molar-refractivity contribution in [3.63, 3.8) is 0 Å². The Bertz CT molecular complexity index is 789. The number of methoxy groups -OCH3 is 1. The minimum absolute atomic E-state index is 0.0630. The second-order valence-corrected chi connectivity index (χ2v) is 5.22. The average molecular weight is 315 g/mol. The highest BCUT2D eigenvalue weighted by atomic mass is 16.5. The van der Waals surface area contributed by atoms with Gasteiger partial charge in [0.2, 0.25) is 11.8 Å². The van der Waals surface area contributed by atoms with Crippen molar-refractivity contribution in [2.24, 2.45) is 7.05 Å². The first-order valence-electron chi connectivity index (χ1n) is 7.16. The van der Waals surface area contributed by atoms with Crippen molar-refractivity contribution in [1.29, 1.82) is 0 Å². The fourth-order valence-electron chi connectivity index (χ4n) is 2.45. The lowest BCUT2D eigenvalue weighted by Gasteiger charge is -2.34. The zero-order valence-corrected chi connectivity index (χ0v) is 13.0. The second kappa shape index (κ2) is 6.07. The zero-order valence-electron chi connectivity index (χ0n) is 13.0. The molecule has 0 aromatic carbocycles. The Hall–Kier alpha value is -2.90. The van der Waals surface area contributed by atoms with Crippen LogP contribution in [-0.2, 0) is 11.8 Å². The summed E-state index contributed by atoms with van der Waals surface area (Å²) in [7, 11) is 3.17. The maximum absolute atomic E-state index is 12.4. The van der Waals surface area contributed by atoms with Gasteiger partial charge in [0.05, 0.1) is 25.7 Å². The summed E-state index contributed by atoms with van der Waals surface area (Å²) in [5, 5.41) is 0. The molecule has 120 valence electrons. The van der Waals surface area contributed by atoms with Crippen LogP contribution in [0.3, 0.4) is 0 Å². The van der Waals surface area contributed by atoms with Crippen LogP contribution in [0.5, 0.6) is 5.88 Å². The number of piperazine rings is 1. The van der Waals surface area contributed by atoms with Gasteiger partial charge in [0.25, 0.3) is 5.56 Å². The van der Waals surface area contributed by atoms with Crippen LogP contribution in [0.4, 0.5) is 11.5 Å². The molecule has 0 N–H and O–H groups in total. The van der Waals surface area contributed by atoms with Crippen molar-refractivity contribution >= 4 is 17.4 Å². The molecule has 1 aliphatic heterocycles. The summed E-state index contributed by atoms with van der Waals surface area (Å²) in [6.45, 7) is 1.27. The normalized spacial score (nSPS) is 15.0. The quantitative estimate of drug-likeness (QED) is 0.795. The molecule has 1 fully saturated rings. The van der Waals surface area contributed by atoms with E-state index in [0.29, 0.717) is 24.8 Å². The summed E-state index contributed by atoms with van der Waals surface area (Å²) in [5.74, 6) is 0.923. The third-order valence-electron chi connectivity index (χ3n) is 3.75. The number of carbonyl (C=O) groups is 1. The number of hydrogen-bond acceptors (Lipinski definition) is 6. The predicted octanol–water partition coefficient (Wildman–Crippen LogP) is 0.0371. The van der Waals surface area contributed by atoms with E-state index < -0.39 is 0 Å². The SMILES string of the molecule is COc1cc(N2CCN(c3cc(=O)n(C)cn3)CC2=O)ccn1. The van der Waals surface area contributed by atoms with Crippen molar-refractivity contribution in [1.82, 2.24) is 14.5 Å². The van der Waals surface area contributed by atoms with Crippen LogP contribution in [0, 0.1) is 0 Å². The Morgan fingerprint density at radius 1 is 1.17 bits per heavy atom. The summed E-state index contributed by atoms with van der Waals surface area (Å²) in [5.41, 5.74) is 0.599. The lowest BCUT2D eigenvalue weighted by molar-refractivity contribution is -0.117. The fraction of sp³-hybridized carbons (Fsp3) is 0.333. The molecular formula is C15H17N5O3. The maximum atomic E-state index is 12.4. The third kappa shape index (κ3) is 3.01. The summed E-state index contributed by atoms with van der Waals surface area (Å²) >= 11 is 0. The van der Waals surface area contributed by atoms with E-state index in [2.05, 4.69) is 9.97 Å². The molecule has 2 aromatic heterocycles. The minimum Gasteiger partial charge on any atom is -0.481 e. The van der Waals surface area contributed by atoms with E-state index in [1.807, 2.05) is 0 Å². The van der Waals surface area contributed by atoms with E-state index in [0.717, 1.165) is 5.69 Å². The molecule has 0 saturated carbocycles. The highest BCUT2D eigenvalue weighted by molar-refractivity contribution is 5.97. The summed E-state index contributed by atoms with van der Waals surface area (Å²) < 4.78 is 6.48. The second-order valence-electron chi connectivity index (χ2n) is 5.22. The first-order valence-corrected chi connectivity index (χ1v) is 7.16. The van der Waals surface area contributed by atoms with E-state index in [4.69, 9.17) is 4.74 Å². The van der Waals surface area contributed by atoms with Crippen LogP contribution in [-0.4, -0.2) is 47.2 Å². The number of hydrogen-bond donors (Lipinski definition) is 0. The van der Waals surface area contributed by atoms with E-state index in [9.17, 15) is 9.59 Å². The van der Waals surface area contributed by atoms with Gasteiger partial charge in [-0.25, -0.2) is 9.97 Å². The molecule has 0 spiro atoms. The number of nitrogens with zero attached hydrogens (tertiary/aromatic N) is 5. The molecule has 8 heteroatoms. The zero-order chi connectivity index (χ0) is 16.4. The Balaban J connectivity index is 1.78. The molecule has 1 amide bonds. The van der Waals surface area contributed by atoms with Gasteiger partial charge in [-0.2, -0.15) is 0 Å². The van der Waals surface area contributed by atoms with Crippen molar-refractivity contribution in [3.05, 3.63) is 41.1 Å². The standard InChI is InChI=1S/C15H17N5O3/c1-18-10-17-12(8-14(18)21)19-5-6-20(15(22)9-19)11-3-4-16-13(7-11)23-2/h3-4,7-8,10H,5-6,9H2,1-2H3.